The van der Waals surface area contributed by atoms with E-state index in [0.29, 0.717) is 22.2 Å². The van der Waals surface area contributed by atoms with Crippen LogP contribution in [0.5, 0.6) is 0 Å². The largest absolute Gasteiger partial charge is 0.317 e. The fourth-order valence-corrected chi connectivity index (χ4v) is 4.11. The summed E-state index contributed by atoms with van der Waals surface area (Å²) in [5.74, 6) is -0.418. The molecular formula is C21H22F2N6. The van der Waals surface area contributed by atoms with Crippen LogP contribution in [0.25, 0.3) is 33.1 Å². The first-order chi connectivity index (χ1) is 14.0. The summed E-state index contributed by atoms with van der Waals surface area (Å²) in [7, 11) is 1.80. The van der Waals surface area contributed by atoms with Crippen molar-refractivity contribution in [3.8, 4) is 11.1 Å². The molecule has 2 aromatic carbocycles. The molecule has 0 radical (unpaired) electrons. The Hall–Kier alpha value is -2.87. The highest BCUT2D eigenvalue weighted by atomic mass is 19.1. The average Bonchev–Trinajstić information content (AvgIpc) is 3.30. The lowest BCUT2D eigenvalue weighted by Gasteiger charge is -2.21. The maximum Gasteiger partial charge on any atom is 0.153 e. The van der Waals surface area contributed by atoms with E-state index in [2.05, 4.69) is 20.6 Å². The molecule has 29 heavy (non-hydrogen) atoms. The van der Waals surface area contributed by atoms with Gasteiger partial charge < -0.3 is 5.32 Å². The Morgan fingerprint density at radius 2 is 1.79 bits per heavy atom. The molecule has 8 heteroatoms. The van der Waals surface area contributed by atoms with Crippen LogP contribution in [0.15, 0.2) is 30.5 Å². The van der Waals surface area contributed by atoms with Gasteiger partial charge in [0, 0.05) is 24.2 Å². The fraction of sp³-hybridized carbons (Fsp3) is 0.381. The van der Waals surface area contributed by atoms with Crippen molar-refractivity contribution in [2.75, 3.05) is 13.1 Å². The molecule has 1 aliphatic rings. The minimum Gasteiger partial charge on any atom is -0.317 e. The maximum absolute atomic E-state index is 14.9. The second-order valence-electron chi connectivity index (χ2n) is 7.75. The molecule has 3 heterocycles. The van der Waals surface area contributed by atoms with E-state index in [4.69, 9.17) is 0 Å². The third-order valence-corrected chi connectivity index (χ3v) is 5.61. The fourth-order valence-electron chi connectivity index (χ4n) is 4.11. The molecule has 1 atom stereocenters. The van der Waals surface area contributed by atoms with E-state index < -0.39 is 12.0 Å². The van der Waals surface area contributed by atoms with Gasteiger partial charge in [-0.25, -0.2) is 8.78 Å². The zero-order chi connectivity index (χ0) is 20.1. The number of benzene rings is 2. The number of hydrogen-bond donors (Lipinski definition) is 1. The predicted molar refractivity (Wildman–Crippen MR) is 108 cm³/mol. The van der Waals surface area contributed by atoms with Crippen molar-refractivity contribution < 1.29 is 8.78 Å². The molecule has 0 amide bonds. The van der Waals surface area contributed by atoms with Crippen molar-refractivity contribution in [2.24, 2.45) is 7.05 Å². The summed E-state index contributed by atoms with van der Waals surface area (Å²) in [6, 6.07) is 7.11. The molecule has 1 unspecified atom stereocenters. The van der Waals surface area contributed by atoms with E-state index in [1.807, 2.05) is 18.3 Å². The molecule has 0 spiro atoms. The summed E-state index contributed by atoms with van der Waals surface area (Å²) in [5, 5.41) is 17.5. The van der Waals surface area contributed by atoms with Gasteiger partial charge in [-0.1, -0.05) is 0 Å². The van der Waals surface area contributed by atoms with Crippen LogP contribution in [0, 0.1) is 5.82 Å². The van der Waals surface area contributed by atoms with Crippen LogP contribution in [0.2, 0.25) is 0 Å². The number of hydrogen-bond acceptors (Lipinski definition) is 4. The van der Waals surface area contributed by atoms with Gasteiger partial charge in [0.15, 0.2) is 5.82 Å². The monoisotopic (exact) mass is 396 g/mol. The van der Waals surface area contributed by atoms with Gasteiger partial charge in [-0.2, -0.15) is 15.0 Å². The summed E-state index contributed by atoms with van der Waals surface area (Å²) in [4.78, 5) is 1.65. The first kappa shape index (κ1) is 18.2. The molecule has 4 aromatic rings. The third-order valence-electron chi connectivity index (χ3n) is 5.61. The summed E-state index contributed by atoms with van der Waals surface area (Å²) in [6.45, 7) is 3.30. The second kappa shape index (κ2) is 6.88. The molecule has 0 bridgehead atoms. The van der Waals surface area contributed by atoms with Gasteiger partial charge in [0.1, 0.15) is 17.2 Å². The van der Waals surface area contributed by atoms with Gasteiger partial charge in [0.2, 0.25) is 0 Å². The normalized spacial score (nSPS) is 16.7. The second-order valence-corrected chi connectivity index (χ2v) is 7.75. The Morgan fingerprint density at radius 1 is 1.03 bits per heavy atom. The summed E-state index contributed by atoms with van der Waals surface area (Å²) in [5.41, 5.74) is 3.30. The molecule has 0 aliphatic carbocycles. The molecule has 150 valence electrons. The smallest absolute Gasteiger partial charge is 0.153 e. The standard InChI is InChI=1S/C21H22F2N6/c1-12(22)17-8-13(7-15-11-28(2)26-20(15)17)14-9-18(23)21-19(10-14)25-29(27-21)16-3-5-24-6-4-16/h7-12,16,24H,3-6H2,1-2H3. The van der Waals surface area contributed by atoms with Crippen LogP contribution in [0.1, 0.15) is 37.5 Å². The molecule has 1 aliphatic heterocycles. The zero-order valence-corrected chi connectivity index (χ0v) is 16.4. The minimum atomic E-state index is -1.18. The Kier molecular flexibility index (Phi) is 4.31. The highest BCUT2D eigenvalue weighted by Crippen LogP contribution is 2.33. The lowest BCUT2D eigenvalue weighted by molar-refractivity contribution is 0.316. The highest BCUT2D eigenvalue weighted by Gasteiger charge is 2.20. The first-order valence-electron chi connectivity index (χ1n) is 9.88. The van der Waals surface area contributed by atoms with Crippen LogP contribution in [-0.2, 0) is 7.05 Å². The van der Waals surface area contributed by atoms with E-state index in [1.165, 1.54) is 13.0 Å². The third kappa shape index (κ3) is 3.17. The van der Waals surface area contributed by atoms with Crippen molar-refractivity contribution in [3.63, 3.8) is 0 Å². The van der Waals surface area contributed by atoms with E-state index in [1.54, 1.807) is 22.6 Å². The summed E-state index contributed by atoms with van der Waals surface area (Å²) in [6.07, 6.45) is 2.50. The first-order valence-corrected chi connectivity index (χ1v) is 9.88. The van der Waals surface area contributed by atoms with Gasteiger partial charge in [-0.3, -0.25) is 4.68 Å². The molecule has 1 saturated heterocycles. The average molecular weight is 396 g/mol. The Morgan fingerprint density at radius 3 is 2.55 bits per heavy atom. The molecule has 5 rings (SSSR count). The minimum absolute atomic E-state index is 0.178. The lowest BCUT2D eigenvalue weighted by Crippen LogP contribution is -2.30. The summed E-state index contributed by atoms with van der Waals surface area (Å²) < 4.78 is 30.8. The van der Waals surface area contributed by atoms with Crippen molar-refractivity contribution in [1.29, 1.82) is 0 Å². The molecule has 2 aromatic heterocycles. The van der Waals surface area contributed by atoms with Crippen LogP contribution >= 0.6 is 0 Å². The van der Waals surface area contributed by atoms with Crippen molar-refractivity contribution >= 4 is 21.9 Å². The van der Waals surface area contributed by atoms with Gasteiger partial charge >= 0.3 is 0 Å². The molecule has 6 nitrogen and oxygen atoms in total. The van der Waals surface area contributed by atoms with Crippen LogP contribution in [-0.4, -0.2) is 37.9 Å². The number of nitrogens with one attached hydrogen (secondary N) is 1. The van der Waals surface area contributed by atoms with Crippen LogP contribution in [0.4, 0.5) is 8.78 Å². The van der Waals surface area contributed by atoms with Gasteiger partial charge in [-0.15, -0.1) is 5.10 Å². The topological polar surface area (TPSA) is 60.6 Å². The molecule has 0 saturated carbocycles. The molecular weight excluding hydrogens is 374 g/mol. The zero-order valence-electron chi connectivity index (χ0n) is 16.4. The van der Waals surface area contributed by atoms with Crippen LogP contribution in [0.3, 0.4) is 0 Å². The quantitative estimate of drug-likeness (QED) is 0.567. The Labute approximate surface area is 166 Å². The van der Waals surface area contributed by atoms with E-state index >= 15 is 0 Å². The SMILES string of the molecule is CC(F)c1cc(-c2cc(F)c3nn(C4CCNCC4)nc3c2)cc2cn(C)nc12. The number of rotatable bonds is 3. The number of fused-ring (bicyclic) bond motifs is 2. The van der Waals surface area contributed by atoms with Crippen molar-refractivity contribution in [2.45, 2.75) is 32.0 Å². The van der Waals surface area contributed by atoms with E-state index in [9.17, 15) is 8.78 Å². The summed E-state index contributed by atoms with van der Waals surface area (Å²) >= 11 is 0. The number of piperidine rings is 1. The van der Waals surface area contributed by atoms with Gasteiger partial charge in [0.25, 0.3) is 0 Å². The number of alkyl halides is 1. The number of nitrogens with zero attached hydrogens (tertiary/aromatic N) is 5. The van der Waals surface area contributed by atoms with E-state index in [0.717, 1.165) is 36.9 Å². The maximum atomic E-state index is 14.9. The van der Waals surface area contributed by atoms with Gasteiger partial charge in [-0.05, 0) is 68.2 Å². The van der Waals surface area contributed by atoms with Crippen molar-refractivity contribution in [1.82, 2.24) is 30.1 Å². The Balaban J connectivity index is 1.63. The molecule has 1 N–H and O–H groups in total. The number of aryl methyl sites for hydroxylation is 1. The highest BCUT2D eigenvalue weighted by molar-refractivity contribution is 5.89. The van der Waals surface area contributed by atoms with Crippen molar-refractivity contribution in [3.05, 3.63) is 41.8 Å². The van der Waals surface area contributed by atoms with E-state index in [-0.39, 0.29) is 11.6 Å². The predicted octanol–water partition coefficient (Wildman–Crippen LogP) is 4.08. The number of halogens is 2. The van der Waals surface area contributed by atoms with Gasteiger partial charge in [0.05, 0.1) is 11.6 Å². The molecule has 1 fully saturated rings. The van der Waals surface area contributed by atoms with Crippen LogP contribution < -0.4 is 5.32 Å². The number of aromatic nitrogens is 5. The Bertz CT molecular complexity index is 1200. The lowest BCUT2D eigenvalue weighted by atomic mass is 9.98.